The number of carbonyl (C=O) groups excluding carboxylic acids is 1. The maximum absolute atomic E-state index is 12.0. The van der Waals surface area contributed by atoms with Crippen LogP contribution in [0.25, 0.3) is 0 Å². The molecule has 0 unspecified atom stereocenters. The zero-order valence-electron chi connectivity index (χ0n) is 13.5. The number of amides is 1. The average Bonchev–Trinajstić information content (AvgIpc) is 2.56. The van der Waals surface area contributed by atoms with Crippen molar-refractivity contribution in [2.45, 2.75) is 20.5 Å². The van der Waals surface area contributed by atoms with Crippen molar-refractivity contribution in [3.05, 3.63) is 73.3 Å². The van der Waals surface area contributed by atoms with E-state index >= 15 is 0 Å². The van der Waals surface area contributed by atoms with Crippen LogP contribution >= 0.6 is 0 Å². The number of nitrogens with one attached hydrogen (secondary N) is 1. The summed E-state index contributed by atoms with van der Waals surface area (Å²) in [5.41, 5.74) is -0.261. The van der Waals surface area contributed by atoms with E-state index in [9.17, 15) is 25.0 Å². The fraction of sp³-hybridized carbons (Fsp3) is 0.188. The van der Waals surface area contributed by atoms with Gasteiger partial charge in [0, 0.05) is 11.6 Å². The predicted octanol–water partition coefficient (Wildman–Crippen LogP) is 3.87. The minimum atomic E-state index is -1.02. The molecule has 0 heterocycles. The molecule has 0 fully saturated rings. The van der Waals surface area contributed by atoms with Gasteiger partial charge in [0.2, 0.25) is 5.69 Å². The zero-order chi connectivity index (χ0) is 18.6. The van der Waals surface area contributed by atoms with Crippen LogP contribution in [0, 0.1) is 34.1 Å². The molecule has 0 atom stereocenters. The minimum Gasteiger partial charge on any atom is -0.444 e. The summed E-state index contributed by atoms with van der Waals surface area (Å²) < 4.78 is 4.98. The van der Waals surface area contributed by atoms with E-state index in [0.717, 1.165) is 0 Å². The summed E-state index contributed by atoms with van der Waals surface area (Å²) in [7, 11) is 0. The van der Waals surface area contributed by atoms with Crippen LogP contribution in [0.4, 0.5) is 21.9 Å². The Labute approximate surface area is 142 Å². The topological polar surface area (TPSA) is 125 Å². The summed E-state index contributed by atoms with van der Waals surface area (Å²) in [4.78, 5) is 32.9. The second-order valence-corrected chi connectivity index (χ2v) is 5.26. The van der Waals surface area contributed by atoms with Crippen LogP contribution in [-0.4, -0.2) is 15.9 Å². The molecule has 0 aliphatic carbocycles. The SMILES string of the molecule is Cc1cc([N+](=O)[O-])c(NC(=O)OCc2ccccc2)c([N+](=O)[O-])c1C. The molecule has 2 aromatic rings. The van der Waals surface area contributed by atoms with Crippen LogP contribution in [0.15, 0.2) is 36.4 Å². The summed E-state index contributed by atoms with van der Waals surface area (Å²) >= 11 is 0. The van der Waals surface area contributed by atoms with E-state index in [1.54, 1.807) is 30.3 Å². The van der Waals surface area contributed by atoms with Gasteiger partial charge in [-0.2, -0.15) is 0 Å². The first-order valence-corrected chi connectivity index (χ1v) is 7.22. The highest BCUT2D eigenvalue weighted by Crippen LogP contribution is 2.39. The number of benzene rings is 2. The van der Waals surface area contributed by atoms with Crippen molar-refractivity contribution in [3.63, 3.8) is 0 Å². The van der Waals surface area contributed by atoms with E-state index in [4.69, 9.17) is 4.74 Å². The smallest absolute Gasteiger partial charge is 0.412 e. The minimum absolute atomic E-state index is 0.0703. The van der Waals surface area contributed by atoms with Crippen molar-refractivity contribution in [2.75, 3.05) is 5.32 Å². The molecule has 2 aromatic carbocycles. The molecule has 0 aliphatic rings. The second-order valence-electron chi connectivity index (χ2n) is 5.26. The molecular formula is C16H15N3O6. The average molecular weight is 345 g/mol. The van der Waals surface area contributed by atoms with Gasteiger partial charge in [0.15, 0.2) is 0 Å². The molecule has 9 nitrogen and oxygen atoms in total. The first kappa shape index (κ1) is 17.9. The number of carbonyl (C=O) groups is 1. The lowest BCUT2D eigenvalue weighted by molar-refractivity contribution is -0.392. The lowest BCUT2D eigenvalue weighted by Gasteiger charge is -2.11. The third kappa shape index (κ3) is 4.08. The van der Waals surface area contributed by atoms with Gasteiger partial charge in [0.1, 0.15) is 6.61 Å². The molecule has 2 rings (SSSR count). The van der Waals surface area contributed by atoms with Crippen LogP contribution in [0.3, 0.4) is 0 Å². The van der Waals surface area contributed by atoms with E-state index in [0.29, 0.717) is 11.1 Å². The fourth-order valence-corrected chi connectivity index (χ4v) is 2.24. The third-order valence-electron chi connectivity index (χ3n) is 3.61. The van der Waals surface area contributed by atoms with Gasteiger partial charge in [-0.3, -0.25) is 25.5 Å². The Hall–Kier alpha value is -3.49. The second kappa shape index (κ2) is 7.39. The Balaban J connectivity index is 2.30. The van der Waals surface area contributed by atoms with E-state index in [1.165, 1.54) is 19.9 Å². The molecule has 1 N–H and O–H groups in total. The van der Waals surface area contributed by atoms with Gasteiger partial charge < -0.3 is 4.74 Å². The molecule has 9 heteroatoms. The number of ether oxygens (including phenoxy) is 1. The molecule has 0 saturated heterocycles. The normalized spacial score (nSPS) is 10.2. The monoisotopic (exact) mass is 345 g/mol. The Morgan fingerprint density at radius 3 is 2.32 bits per heavy atom. The molecule has 1 amide bonds. The van der Waals surface area contributed by atoms with Crippen molar-refractivity contribution >= 4 is 23.2 Å². The molecular weight excluding hydrogens is 330 g/mol. The lowest BCUT2D eigenvalue weighted by Crippen LogP contribution is -2.16. The molecule has 0 bridgehead atoms. The molecule has 0 radical (unpaired) electrons. The fourth-order valence-electron chi connectivity index (χ4n) is 2.24. The molecule has 0 spiro atoms. The van der Waals surface area contributed by atoms with E-state index in [2.05, 4.69) is 5.32 Å². The maximum atomic E-state index is 12.0. The highest BCUT2D eigenvalue weighted by molar-refractivity contribution is 5.93. The number of aryl methyl sites for hydroxylation is 1. The summed E-state index contributed by atoms with van der Waals surface area (Å²) in [6.07, 6.45) is -1.02. The van der Waals surface area contributed by atoms with Gasteiger partial charge in [0.25, 0.3) is 5.69 Å². The van der Waals surface area contributed by atoms with Gasteiger partial charge in [-0.1, -0.05) is 30.3 Å². The number of nitro benzene ring substituents is 2. The lowest BCUT2D eigenvalue weighted by atomic mass is 10.0. The molecule has 25 heavy (non-hydrogen) atoms. The number of anilines is 1. The van der Waals surface area contributed by atoms with Gasteiger partial charge in [-0.25, -0.2) is 4.79 Å². The Morgan fingerprint density at radius 1 is 1.12 bits per heavy atom. The standard InChI is InChI=1S/C16H15N3O6/c1-10-8-13(18(21)22)14(15(11(10)2)19(23)24)17-16(20)25-9-12-6-4-3-5-7-12/h3-8H,9H2,1-2H3,(H,17,20). The molecule has 0 aliphatic heterocycles. The first-order valence-electron chi connectivity index (χ1n) is 7.22. The number of nitrogens with zero attached hydrogens (tertiary/aromatic N) is 2. The number of nitro groups is 2. The third-order valence-corrected chi connectivity index (χ3v) is 3.61. The molecule has 0 saturated carbocycles. The van der Waals surface area contributed by atoms with Crippen LogP contribution in [0.5, 0.6) is 0 Å². The van der Waals surface area contributed by atoms with Gasteiger partial charge in [-0.15, -0.1) is 0 Å². The first-order chi connectivity index (χ1) is 11.8. The Morgan fingerprint density at radius 2 is 1.76 bits per heavy atom. The van der Waals surface area contributed by atoms with Crippen LogP contribution < -0.4 is 5.32 Å². The number of hydrogen-bond acceptors (Lipinski definition) is 6. The van der Waals surface area contributed by atoms with Gasteiger partial charge in [0.05, 0.1) is 9.85 Å². The summed E-state index contributed by atoms with van der Waals surface area (Å²) in [6, 6.07) is 9.95. The molecule has 130 valence electrons. The van der Waals surface area contributed by atoms with E-state index in [1.807, 2.05) is 0 Å². The van der Waals surface area contributed by atoms with Crippen molar-refractivity contribution < 1.29 is 19.4 Å². The maximum Gasteiger partial charge on any atom is 0.412 e. The largest absolute Gasteiger partial charge is 0.444 e. The zero-order valence-corrected chi connectivity index (χ0v) is 13.5. The number of rotatable bonds is 5. The van der Waals surface area contributed by atoms with E-state index in [-0.39, 0.29) is 12.2 Å². The van der Waals surface area contributed by atoms with Gasteiger partial charge in [-0.05, 0) is 25.0 Å². The highest BCUT2D eigenvalue weighted by Gasteiger charge is 2.30. The Bertz CT molecular complexity index is 836. The van der Waals surface area contributed by atoms with Crippen molar-refractivity contribution in [1.82, 2.24) is 0 Å². The predicted molar refractivity (Wildman–Crippen MR) is 89.5 cm³/mol. The highest BCUT2D eigenvalue weighted by atomic mass is 16.6. The van der Waals surface area contributed by atoms with Crippen molar-refractivity contribution in [3.8, 4) is 0 Å². The Kier molecular flexibility index (Phi) is 5.28. The van der Waals surface area contributed by atoms with Crippen molar-refractivity contribution in [2.24, 2.45) is 0 Å². The van der Waals surface area contributed by atoms with E-state index < -0.39 is 33.0 Å². The van der Waals surface area contributed by atoms with Crippen LogP contribution in [0.2, 0.25) is 0 Å². The molecule has 0 aromatic heterocycles. The van der Waals surface area contributed by atoms with Crippen molar-refractivity contribution in [1.29, 1.82) is 0 Å². The van der Waals surface area contributed by atoms with Gasteiger partial charge >= 0.3 is 11.8 Å². The summed E-state index contributed by atoms with van der Waals surface area (Å²) in [5, 5.41) is 24.7. The quantitative estimate of drug-likeness (QED) is 0.648. The van der Waals surface area contributed by atoms with Crippen LogP contribution in [0.1, 0.15) is 16.7 Å². The summed E-state index contributed by atoms with van der Waals surface area (Å²) in [6.45, 7) is 2.91. The number of hydrogen-bond donors (Lipinski definition) is 1. The summed E-state index contributed by atoms with van der Waals surface area (Å²) in [5.74, 6) is 0. The van der Waals surface area contributed by atoms with Crippen LogP contribution in [-0.2, 0) is 11.3 Å².